The molecule has 0 aliphatic heterocycles. The molecule has 1 aromatic heterocycles. The van der Waals surface area contributed by atoms with Crippen LogP contribution >= 0.6 is 11.3 Å². The minimum absolute atomic E-state index is 0.716. The Morgan fingerprint density at radius 1 is 1.06 bits per heavy atom. The van der Waals surface area contributed by atoms with E-state index in [9.17, 15) is 0 Å². The predicted octanol–water partition coefficient (Wildman–Crippen LogP) is 5.30. The van der Waals surface area contributed by atoms with E-state index >= 15 is 0 Å². The number of thiophene rings is 1. The normalized spacial score (nSPS) is 20.2. The van der Waals surface area contributed by atoms with Crippen LogP contribution in [0.5, 0.6) is 0 Å². The van der Waals surface area contributed by atoms with Gasteiger partial charge in [0.2, 0.25) is 0 Å². The maximum Gasteiger partial charge on any atom is 0.00803 e. The Morgan fingerprint density at radius 2 is 1.65 bits per heavy atom. The lowest BCUT2D eigenvalue weighted by atomic mass is 9.83. The molecule has 1 heteroatoms. The zero-order valence-electron chi connectivity index (χ0n) is 11.9. The molecule has 3 rings (SSSR count). The van der Waals surface area contributed by atoms with Crippen molar-refractivity contribution in [1.29, 1.82) is 0 Å². The third-order valence-corrected chi connectivity index (χ3v) is 5.83. The van der Waals surface area contributed by atoms with Crippen LogP contribution in [0.1, 0.15) is 67.3 Å². The maximum absolute atomic E-state index is 2.33. The first-order valence-electron chi connectivity index (χ1n) is 7.34. The van der Waals surface area contributed by atoms with Crippen LogP contribution in [0.4, 0.5) is 0 Å². The first-order valence-corrected chi connectivity index (χ1v) is 8.16. The number of hydrogen-bond donors (Lipinski definition) is 0. The van der Waals surface area contributed by atoms with Gasteiger partial charge in [-0.1, -0.05) is 33.6 Å². The molecular weight excluding hydrogens is 224 g/mol. The summed E-state index contributed by atoms with van der Waals surface area (Å²) in [6.07, 6.45) is 10.0. The Balaban J connectivity index is 0.000000514. The van der Waals surface area contributed by atoms with Gasteiger partial charge in [-0.25, -0.2) is 0 Å². The molecule has 0 unspecified atom stereocenters. The van der Waals surface area contributed by atoms with Crippen molar-refractivity contribution in [2.45, 2.75) is 72.6 Å². The highest BCUT2D eigenvalue weighted by Crippen LogP contribution is 2.52. The molecule has 2 aliphatic rings. The molecule has 17 heavy (non-hydrogen) atoms. The Morgan fingerprint density at radius 3 is 2.24 bits per heavy atom. The fourth-order valence-electron chi connectivity index (χ4n) is 3.70. The fourth-order valence-corrected chi connectivity index (χ4v) is 4.85. The predicted molar refractivity (Wildman–Crippen MR) is 78.1 cm³/mol. The monoisotopic (exact) mass is 250 g/mol. The first kappa shape index (κ1) is 13.1. The molecule has 0 N–H and O–H groups in total. The van der Waals surface area contributed by atoms with Crippen molar-refractivity contribution in [2.75, 3.05) is 0 Å². The summed E-state index contributed by atoms with van der Waals surface area (Å²) >= 11 is 2.06. The minimum Gasteiger partial charge on any atom is -0.145 e. The topological polar surface area (TPSA) is 0 Å². The molecule has 0 aromatic carbocycles. The average molecular weight is 250 g/mol. The second-order valence-electron chi connectivity index (χ2n) is 5.45. The van der Waals surface area contributed by atoms with Gasteiger partial charge in [0.05, 0.1) is 0 Å². The maximum atomic E-state index is 2.33. The second kappa shape index (κ2) is 5.14. The molecule has 96 valence electrons. The van der Waals surface area contributed by atoms with E-state index < -0.39 is 0 Å². The second-order valence-corrected chi connectivity index (χ2v) is 6.76. The van der Waals surface area contributed by atoms with Gasteiger partial charge in [-0.3, -0.25) is 0 Å². The van der Waals surface area contributed by atoms with Gasteiger partial charge >= 0.3 is 0 Å². The molecule has 1 aromatic rings. The quantitative estimate of drug-likeness (QED) is 0.634. The molecule has 0 atom stereocenters. The molecule has 0 radical (unpaired) electrons. The first-order chi connectivity index (χ1) is 8.24. The Kier molecular flexibility index (Phi) is 3.97. The summed E-state index contributed by atoms with van der Waals surface area (Å²) in [6, 6.07) is 0. The van der Waals surface area contributed by atoms with E-state index in [1.165, 1.54) is 44.9 Å². The molecule has 1 saturated carbocycles. The van der Waals surface area contributed by atoms with Crippen molar-refractivity contribution >= 4 is 11.3 Å². The highest BCUT2D eigenvalue weighted by atomic mass is 32.1. The van der Waals surface area contributed by atoms with Crippen molar-refractivity contribution < 1.29 is 0 Å². The summed E-state index contributed by atoms with van der Waals surface area (Å²) in [5, 5.41) is 0. The van der Waals surface area contributed by atoms with Crippen molar-refractivity contribution in [1.82, 2.24) is 0 Å². The van der Waals surface area contributed by atoms with Crippen molar-refractivity contribution in [2.24, 2.45) is 5.41 Å². The van der Waals surface area contributed by atoms with Crippen molar-refractivity contribution in [3.63, 3.8) is 0 Å². The van der Waals surface area contributed by atoms with Crippen molar-refractivity contribution in [3.05, 3.63) is 20.9 Å². The van der Waals surface area contributed by atoms with Gasteiger partial charge in [-0.05, 0) is 55.6 Å². The SMILES string of the molecule is CC.CCc1sc(C)c2c1CC1(CCCC1)C2. The summed E-state index contributed by atoms with van der Waals surface area (Å²) in [5.41, 5.74) is 4.23. The number of aryl methyl sites for hydroxylation is 2. The van der Waals surface area contributed by atoms with Gasteiger partial charge in [-0.2, -0.15) is 0 Å². The largest absolute Gasteiger partial charge is 0.145 e. The number of fused-ring (bicyclic) bond motifs is 1. The lowest BCUT2D eigenvalue weighted by Crippen LogP contribution is -2.16. The van der Waals surface area contributed by atoms with E-state index in [4.69, 9.17) is 0 Å². The molecule has 2 aliphatic carbocycles. The van der Waals surface area contributed by atoms with Gasteiger partial charge in [0.1, 0.15) is 0 Å². The van der Waals surface area contributed by atoms with E-state index in [0.717, 1.165) is 0 Å². The molecule has 0 amide bonds. The highest BCUT2D eigenvalue weighted by Gasteiger charge is 2.41. The Hall–Kier alpha value is -0.300. The van der Waals surface area contributed by atoms with E-state index in [2.05, 4.69) is 25.2 Å². The Bertz CT molecular complexity index is 380. The highest BCUT2D eigenvalue weighted by molar-refractivity contribution is 7.12. The fraction of sp³-hybridized carbons (Fsp3) is 0.750. The van der Waals surface area contributed by atoms with E-state index in [1.54, 1.807) is 20.9 Å². The van der Waals surface area contributed by atoms with Crippen LogP contribution in [-0.2, 0) is 19.3 Å². The van der Waals surface area contributed by atoms with Gasteiger partial charge in [-0.15, -0.1) is 11.3 Å². The van der Waals surface area contributed by atoms with Gasteiger partial charge < -0.3 is 0 Å². The Labute approximate surface area is 110 Å². The summed E-state index contributed by atoms with van der Waals surface area (Å²) in [6.45, 7) is 8.64. The molecular formula is C16H26S. The van der Waals surface area contributed by atoms with Crippen LogP contribution in [-0.4, -0.2) is 0 Å². The van der Waals surface area contributed by atoms with Gasteiger partial charge in [0.25, 0.3) is 0 Å². The zero-order valence-corrected chi connectivity index (χ0v) is 12.7. The molecule has 0 bridgehead atoms. The average Bonchev–Trinajstić information content (AvgIpc) is 3.02. The molecule has 0 nitrogen and oxygen atoms in total. The lowest BCUT2D eigenvalue weighted by Gasteiger charge is -2.22. The molecule has 1 spiro atoms. The summed E-state index contributed by atoms with van der Waals surface area (Å²) in [7, 11) is 0. The molecule has 0 saturated heterocycles. The lowest BCUT2D eigenvalue weighted by molar-refractivity contribution is 0.317. The van der Waals surface area contributed by atoms with Gasteiger partial charge in [0, 0.05) is 9.75 Å². The van der Waals surface area contributed by atoms with Crippen LogP contribution in [0.15, 0.2) is 0 Å². The van der Waals surface area contributed by atoms with Crippen LogP contribution in [0.3, 0.4) is 0 Å². The van der Waals surface area contributed by atoms with E-state index in [-0.39, 0.29) is 0 Å². The van der Waals surface area contributed by atoms with Gasteiger partial charge in [0.15, 0.2) is 0 Å². The summed E-state index contributed by atoms with van der Waals surface area (Å²) < 4.78 is 0. The number of rotatable bonds is 1. The summed E-state index contributed by atoms with van der Waals surface area (Å²) in [4.78, 5) is 3.30. The number of hydrogen-bond acceptors (Lipinski definition) is 1. The molecule has 1 heterocycles. The van der Waals surface area contributed by atoms with Crippen LogP contribution < -0.4 is 0 Å². The third kappa shape index (κ3) is 2.19. The van der Waals surface area contributed by atoms with Crippen LogP contribution in [0.25, 0.3) is 0 Å². The standard InChI is InChI=1S/C14H20S.C2H6/c1-3-13-12-9-14(6-4-5-7-14)8-11(12)10(2)15-13;1-2/h3-9H2,1-2H3;1-2H3. The summed E-state index contributed by atoms with van der Waals surface area (Å²) in [5.74, 6) is 0. The van der Waals surface area contributed by atoms with Crippen LogP contribution in [0.2, 0.25) is 0 Å². The molecule has 1 fully saturated rings. The zero-order chi connectivity index (χ0) is 12.5. The van der Waals surface area contributed by atoms with E-state index in [1.807, 2.05) is 13.8 Å². The van der Waals surface area contributed by atoms with Crippen LogP contribution in [0, 0.1) is 12.3 Å². The minimum atomic E-state index is 0.716. The van der Waals surface area contributed by atoms with E-state index in [0.29, 0.717) is 5.41 Å². The smallest absolute Gasteiger partial charge is 0.00803 e. The third-order valence-electron chi connectivity index (χ3n) is 4.49. The van der Waals surface area contributed by atoms with Crippen molar-refractivity contribution in [3.8, 4) is 0 Å².